The third-order valence-electron chi connectivity index (χ3n) is 3.00. The summed E-state index contributed by atoms with van der Waals surface area (Å²) in [6, 6.07) is 3.83. The van der Waals surface area contributed by atoms with Crippen LogP contribution < -0.4 is 5.32 Å². The first-order valence-electron chi connectivity index (χ1n) is 5.96. The standard InChI is InChI=1S/C13H17NO2S/c15-12-6-2-1-5-11(12)14-13(16)8-7-10-4-3-9-17-10/h3-4,7-9,11-12,15H,1-2,5-6H2,(H,14,16)/b8-7+/t11-,12-/m1/s1. The molecule has 92 valence electrons. The molecule has 4 heteroatoms. The Morgan fingerprint density at radius 3 is 3.00 bits per heavy atom. The first kappa shape index (κ1) is 12.3. The molecule has 1 aromatic heterocycles. The number of carbonyl (C=O) groups is 1. The maximum Gasteiger partial charge on any atom is 0.244 e. The summed E-state index contributed by atoms with van der Waals surface area (Å²) >= 11 is 1.60. The van der Waals surface area contributed by atoms with E-state index in [1.54, 1.807) is 17.4 Å². The summed E-state index contributed by atoms with van der Waals surface area (Å²) in [6.45, 7) is 0. The predicted octanol–water partition coefficient (Wildman–Crippen LogP) is 2.18. The quantitative estimate of drug-likeness (QED) is 0.809. The van der Waals surface area contributed by atoms with E-state index in [9.17, 15) is 9.90 Å². The van der Waals surface area contributed by atoms with Gasteiger partial charge in [0.1, 0.15) is 0 Å². The molecule has 17 heavy (non-hydrogen) atoms. The number of thiophene rings is 1. The van der Waals surface area contributed by atoms with E-state index in [0.29, 0.717) is 0 Å². The molecule has 1 fully saturated rings. The van der Waals surface area contributed by atoms with Crippen LogP contribution in [0.15, 0.2) is 23.6 Å². The van der Waals surface area contributed by atoms with Crippen LogP contribution >= 0.6 is 11.3 Å². The van der Waals surface area contributed by atoms with Gasteiger partial charge in [0.05, 0.1) is 12.1 Å². The van der Waals surface area contributed by atoms with Gasteiger partial charge in [0.15, 0.2) is 0 Å². The molecule has 3 nitrogen and oxygen atoms in total. The average Bonchev–Trinajstić information content (AvgIpc) is 2.82. The predicted molar refractivity (Wildman–Crippen MR) is 69.8 cm³/mol. The van der Waals surface area contributed by atoms with Gasteiger partial charge < -0.3 is 10.4 Å². The van der Waals surface area contributed by atoms with Crippen LogP contribution in [0.4, 0.5) is 0 Å². The molecule has 0 radical (unpaired) electrons. The second-order valence-corrected chi connectivity index (χ2v) is 5.29. The van der Waals surface area contributed by atoms with Crippen molar-refractivity contribution in [1.82, 2.24) is 5.32 Å². The lowest BCUT2D eigenvalue weighted by molar-refractivity contribution is -0.118. The van der Waals surface area contributed by atoms with Crippen molar-refractivity contribution in [2.24, 2.45) is 0 Å². The molecule has 1 heterocycles. The number of aliphatic hydroxyl groups excluding tert-OH is 1. The van der Waals surface area contributed by atoms with Crippen molar-refractivity contribution >= 4 is 23.3 Å². The lowest BCUT2D eigenvalue weighted by Crippen LogP contribution is -2.44. The minimum Gasteiger partial charge on any atom is -0.391 e. The van der Waals surface area contributed by atoms with Crippen molar-refractivity contribution in [2.45, 2.75) is 37.8 Å². The molecule has 2 N–H and O–H groups in total. The summed E-state index contributed by atoms with van der Waals surface area (Å²) in [6.07, 6.45) is 6.75. The normalized spacial score (nSPS) is 25.0. The van der Waals surface area contributed by atoms with E-state index in [2.05, 4.69) is 5.32 Å². The number of rotatable bonds is 3. The van der Waals surface area contributed by atoms with Crippen molar-refractivity contribution in [3.8, 4) is 0 Å². The average molecular weight is 251 g/mol. The Hall–Kier alpha value is -1.13. The van der Waals surface area contributed by atoms with E-state index in [0.717, 1.165) is 30.6 Å². The minimum absolute atomic E-state index is 0.0794. The van der Waals surface area contributed by atoms with Crippen molar-refractivity contribution < 1.29 is 9.90 Å². The van der Waals surface area contributed by atoms with Crippen LogP contribution in [0.1, 0.15) is 30.6 Å². The summed E-state index contributed by atoms with van der Waals surface area (Å²) in [7, 11) is 0. The Balaban J connectivity index is 1.84. The van der Waals surface area contributed by atoms with Crippen molar-refractivity contribution in [1.29, 1.82) is 0 Å². The molecule has 1 saturated carbocycles. The summed E-state index contributed by atoms with van der Waals surface area (Å²) in [5.41, 5.74) is 0. The smallest absolute Gasteiger partial charge is 0.244 e. The second-order valence-electron chi connectivity index (χ2n) is 4.32. The fraction of sp³-hybridized carbons (Fsp3) is 0.462. The SMILES string of the molecule is O=C(/C=C/c1cccs1)N[C@@H]1CCCC[C@H]1O. The molecule has 0 aromatic carbocycles. The highest BCUT2D eigenvalue weighted by molar-refractivity contribution is 7.10. The van der Waals surface area contributed by atoms with Crippen LogP contribution in [-0.4, -0.2) is 23.2 Å². The number of hydrogen-bond acceptors (Lipinski definition) is 3. The minimum atomic E-state index is -0.386. The molecule has 2 atom stereocenters. The van der Waals surface area contributed by atoms with Crippen LogP contribution in [0, 0.1) is 0 Å². The Kier molecular flexibility index (Phi) is 4.34. The summed E-state index contributed by atoms with van der Waals surface area (Å²) in [5.74, 6) is -0.121. The number of carbonyl (C=O) groups excluding carboxylic acids is 1. The van der Waals surface area contributed by atoms with Gasteiger partial charge in [0.25, 0.3) is 0 Å². The maximum absolute atomic E-state index is 11.6. The molecule has 1 aliphatic carbocycles. The second kappa shape index (κ2) is 5.98. The van der Waals surface area contributed by atoms with Crippen LogP contribution in [0.2, 0.25) is 0 Å². The maximum atomic E-state index is 11.6. The molecule has 0 aliphatic heterocycles. The van der Waals surface area contributed by atoms with E-state index in [-0.39, 0.29) is 18.1 Å². The monoisotopic (exact) mass is 251 g/mol. The van der Waals surface area contributed by atoms with Gasteiger partial charge in [-0.25, -0.2) is 0 Å². The fourth-order valence-corrected chi connectivity index (χ4v) is 2.67. The molecular formula is C13H17NO2S. The van der Waals surface area contributed by atoms with E-state index in [1.807, 2.05) is 17.5 Å². The highest BCUT2D eigenvalue weighted by atomic mass is 32.1. The number of nitrogens with one attached hydrogen (secondary N) is 1. The number of amides is 1. The number of aliphatic hydroxyl groups is 1. The van der Waals surface area contributed by atoms with Gasteiger partial charge in [-0.15, -0.1) is 11.3 Å². The molecule has 0 unspecified atom stereocenters. The zero-order valence-corrected chi connectivity index (χ0v) is 10.5. The molecule has 0 bridgehead atoms. The van der Waals surface area contributed by atoms with Crippen molar-refractivity contribution in [2.75, 3.05) is 0 Å². The molecular weight excluding hydrogens is 234 g/mol. The van der Waals surface area contributed by atoms with Gasteiger partial charge in [0.2, 0.25) is 5.91 Å². The highest BCUT2D eigenvalue weighted by Gasteiger charge is 2.23. The largest absolute Gasteiger partial charge is 0.391 e. The Bertz CT molecular complexity index is 386. The number of hydrogen-bond donors (Lipinski definition) is 2. The Morgan fingerprint density at radius 1 is 1.47 bits per heavy atom. The third kappa shape index (κ3) is 3.68. The Labute approximate surface area is 105 Å². The summed E-state index contributed by atoms with van der Waals surface area (Å²) in [5, 5.41) is 14.6. The van der Waals surface area contributed by atoms with Gasteiger partial charge in [-0.3, -0.25) is 4.79 Å². The molecule has 2 rings (SSSR count). The van der Waals surface area contributed by atoms with E-state index < -0.39 is 0 Å². The van der Waals surface area contributed by atoms with Crippen LogP contribution in [-0.2, 0) is 4.79 Å². The molecule has 0 saturated heterocycles. The summed E-state index contributed by atoms with van der Waals surface area (Å²) in [4.78, 5) is 12.7. The lowest BCUT2D eigenvalue weighted by atomic mass is 9.92. The van der Waals surface area contributed by atoms with Crippen molar-refractivity contribution in [3.05, 3.63) is 28.5 Å². The molecule has 1 amide bonds. The van der Waals surface area contributed by atoms with E-state index in [4.69, 9.17) is 0 Å². The van der Waals surface area contributed by atoms with E-state index >= 15 is 0 Å². The first-order valence-corrected chi connectivity index (χ1v) is 6.84. The Morgan fingerprint density at radius 2 is 2.29 bits per heavy atom. The van der Waals surface area contributed by atoms with Gasteiger partial charge in [-0.1, -0.05) is 18.9 Å². The zero-order chi connectivity index (χ0) is 12.1. The van der Waals surface area contributed by atoms with Gasteiger partial charge in [-0.2, -0.15) is 0 Å². The summed E-state index contributed by atoms with van der Waals surface area (Å²) < 4.78 is 0. The molecule has 1 aliphatic rings. The van der Waals surface area contributed by atoms with Gasteiger partial charge in [0, 0.05) is 11.0 Å². The van der Waals surface area contributed by atoms with Crippen LogP contribution in [0.25, 0.3) is 6.08 Å². The molecule has 0 spiro atoms. The third-order valence-corrected chi connectivity index (χ3v) is 3.84. The topological polar surface area (TPSA) is 49.3 Å². The van der Waals surface area contributed by atoms with Gasteiger partial charge in [-0.05, 0) is 30.4 Å². The fourth-order valence-electron chi connectivity index (χ4n) is 2.05. The molecule has 1 aromatic rings. The van der Waals surface area contributed by atoms with Crippen LogP contribution in [0.5, 0.6) is 0 Å². The zero-order valence-electron chi connectivity index (χ0n) is 9.63. The lowest BCUT2D eigenvalue weighted by Gasteiger charge is -2.27. The van der Waals surface area contributed by atoms with Crippen molar-refractivity contribution in [3.63, 3.8) is 0 Å². The van der Waals surface area contributed by atoms with Crippen LogP contribution in [0.3, 0.4) is 0 Å². The van der Waals surface area contributed by atoms with E-state index in [1.165, 1.54) is 6.08 Å². The highest BCUT2D eigenvalue weighted by Crippen LogP contribution is 2.18. The van der Waals surface area contributed by atoms with Gasteiger partial charge >= 0.3 is 0 Å². The first-order chi connectivity index (χ1) is 8.25.